The molecule has 0 saturated heterocycles. The van der Waals surface area contributed by atoms with E-state index in [1.54, 1.807) is 12.4 Å². The fourth-order valence-corrected chi connectivity index (χ4v) is 4.42. The highest BCUT2D eigenvalue weighted by atomic mass is 79.9. The third kappa shape index (κ3) is 4.31. The zero-order chi connectivity index (χ0) is 21.3. The highest BCUT2D eigenvalue weighted by molar-refractivity contribution is 9.10. The number of nitrogens with one attached hydrogen (secondary N) is 1. The van der Waals surface area contributed by atoms with Crippen LogP contribution in [0.2, 0.25) is 0 Å². The van der Waals surface area contributed by atoms with E-state index < -0.39 is 0 Å². The molecule has 4 rings (SSSR count). The number of anilines is 1. The number of amides is 1. The molecule has 0 aliphatic heterocycles. The van der Waals surface area contributed by atoms with Gasteiger partial charge in [-0.25, -0.2) is 18.9 Å². The standard InChI is InChI=1S/C21H18BrN5O2S/c1-13-4-3-5-16(10-13)30-20-19-25-27(21(29)26(19)9-8-23-20)12-18(28)24-17-7-6-15(22)11-14(17)2/h3-11H,12H2,1-2H3,(H,24,28). The molecule has 0 fully saturated rings. The smallest absolute Gasteiger partial charge is 0.324 e. The molecular weight excluding hydrogens is 466 g/mol. The normalized spacial score (nSPS) is 11.0. The van der Waals surface area contributed by atoms with Crippen LogP contribution in [-0.4, -0.2) is 25.1 Å². The van der Waals surface area contributed by atoms with E-state index in [9.17, 15) is 9.59 Å². The summed E-state index contributed by atoms with van der Waals surface area (Å²) in [6, 6.07) is 13.6. The van der Waals surface area contributed by atoms with Gasteiger partial charge in [-0.3, -0.25) is 4.79 Å². The number of rotatable bonds is 5. The van der Waals surface area contributed by atoms with E-state index in [1.807, 2.05) is 56.3 Å². The van der Waals surface area contributed by atoms with Crippen LogP contribution in [0.1, 0.15) is 11.1 Å². The summed E-state index contributed by atoms with van der Waals surface area (Å²) >= 11 is 4.83. The number of halogens is 1. The number of aryl methyl sites for hydroxylation is 2. The first-order valence-electron chi connectivity index (χ1n) is 9.15. The van der Waals surface area contributed by atoms with Crippen LogP contribution in [0.5, 0.6) is 0 Å². The molecule has 30 heavy (non-hydrogen) atoms. The molecular formula is C21H18BrN5O2S. The molecule has 7 nitrogen and oxygen atoms in total. The summed E-state index contributed by atoms with van der Waals surface area (Å²) in [5.74, 6) is -0.327. The Morgan fingerprint density at radius 3 is 2.80 bits per heavy atom. The van der Waals surface area contributed by atoms with Gasteiger partial charge in [-0.05, 0) is 49.7 Å². The van der Waals surface area contributed by atoms with Crippen LogP contribution in [0.3, 0.4) is 0 Å². The molecule has 0 atom stereocenters. The van der Waals surface area contributed by atoms with Crippen molar-refractivity contribution < 1.29 is 4.79 Å². The lowest BCUT2D eigenvalue weighted by molar-refractivity contribution is -0.117. The minimum Gasteiger partial charge on any atom is -0.324 e. The first kappa shape index (κ1) is 20.4. The molecule has 0 aliphatic rings. The number of nitrogens with zero attached hydrogens (tertiary/aromatic N) is 4. The number of aromatic nitrogens is 4. The fraction of sp³-hybridized carbons (Fsp3) is 0.143. The predicted molar refractivity (Wildman–Crippen MR) is 120 cm³/mol. The molecule has 0 radical (unpaired) electrons. The minimum absolute atomic E-state index is 0.190. The predicted octanol–water partition coefficient (Wildman–Crippen LogP) is 4.06. The molecule has 0 aliphatic carbocycles. The molecule has 2 heterocycles. The summed E-state index contributed by atoms with van der Waals surface area (Å²) in [6.07, 6.45) is 3.11. The topological polar surface area (TPSA) is 81.3 Å². The Kier molecular flexibility index (Phi) is 5.74. The monoisotopic (exact) mass is 483 g/mol. The van der Waals surface area contributed by atoms with E-state index in [0.29, 0.717) is 16.4 Å². The molecule has 9 heteroatoms. The second-order valence-corrected chi connectivity index (χ2v) is 8.77. The summed E-state index contributed by atoms with van der Waals surface area (Å²) in [4.78, 5) is 30.6. The van der Waals surface area contributed by atoms with Crippen molar-refractivity contribution >= 4 is 44.9 Å². The van der Waals surface area contributed by atoms with E-state index in [4.69, 9.17) is 0 Å². The van der Waals surface area contributed by atoms with Gasteiger partial charge >= 0.3 is 5.69 Å². The van der Waals surface area contributed by atoms with E-state index in [-0.39, 0.29) is 18.1 Å². The van der Waals surface area contributed by atoms with Gasteiger partial charge in [-0.2, -0.15) is 0 Å². The maximum atomic E-state index is 12.7. The first-order valence-corrected chi connectivity index (χ1v) is 10.8. The molecule has 0 saturated carbocycles. The Bertz CT molecular complexity index is 1310. The van der Waals surface area contributed by atoms with Crippen LogP contribution >= 0.6 is 27.7 Å². The van der Waals surface area contributed by atoms with Gasteiger partial charge in [0.2, 0.25) is 5.91 Å². The van der Waals surface area contributed by atoms with Crippen molar-refractivity contribution in [3.8, 4) is 0 Å². The molecule has 152 valence electrons. The molecule has 0 unspecified atom stereocenters. The Balaban J connectivity index is 1.60. The van der Waals surface area contributed by atoms with Gasteiger partial charge < -0.3 is 5.32 Å². The molecule has 0 bridgehead atoms. The highest BCUT2D eigenvalue weighted by Crippen LogP contribution is 2.28. The van der Waals surface area contributed by atoms with Crippen molar-refractivity contribution in [2.75, 3.05) is 5.32 Å². The lowest BCUT2D eigenvalue weighted by atomic mass is 10.2. The van der Waals surface area contributed by atoms with Crippen molar-refractivity contribution in [1.29, 1.82) is 0 Å². The van der Waals surface area contributed by atoms with E-state index >= 15 is 0 Å². The van der Waals surface area contributed by atoms with Gasteiger partial charge in [0.05, 0.1) is 0 Å². The van der Waals surface area contributed by atoms with E-state index in [1.165, 1.54) is 16.2 Å². The molecule has 2 aromatic heterocycles. The van der Waals surface area contributed by atoms with Crippen molar-refractivity contribution in [3.63, 3.8) is 0 Å². The fourth-order valence-electron chi connectivity index (χ4n) is 2.98. The van der Waals surface area contributed by atoms with Crippen LogP contribution in [0.4, 0.5) is 5.69 Å². The summed E-state index contributed by atoms with van der Waals surface area (Å²) in [6.45, 7) is 3.73. The number of hydrogen-bond acceptors (Lipinski definition) is 5. The van der Waals surface area contributed by atoms with Crippen LogP contribution in [0, 0.1) is 13.8 Å². The lowest BCUT2D eigenvalue weighted by Crippen LogP contribution is -2.28. The van der Waals surface area contributed by atoms with Gasteiger partial charge in [-0.1, -0.05) is 45.4 Å². The number of benzene rings is 2. The van der Waals surface area contributed by atoms with E-state index in [0.717, 1.165) is 25.2 Å². The summed E-state index contributed by atoms with van der Waals surface area (Å²) in [5, 5.41) is 7.79. The van der Waals surface area contributed by atoms with Gasteiger partial charge in [0.15, 0.2) is 5.65 Å². The maximum absolute atomic E-state index is 12.7. The second-order valence-electron chi connectivity index (χ2n) is 6.79. The highest BCUT2D eigenvalue weighted by Gasteiger charge is 2.15. The van der Waals surface area contributed by atoms with Gasteiger partial charge in [-0.15, -0.1) is 5.10 Å². The van der Waals surface area contributed by atoms with Crippen LogP contribution in [0.15, 0.2) is 74.0 Å². The summed E-state index contributed by atoms with van der Waals surface area (Å²) in [5.41, 5.74) is 2.77. The largest absolute Gasteiger partial charge is 0.350 e. The van der Waals surface area contributed by atoms with Crippen molar-refractivity contribution in [1.82, 2.24) is 19.2 Å². The maximum Gasteiger partial charge on any atom is 0.350 e. The number of fused-ring (bicyclic) bond motifs is 1. The Morgan fingerprint density at radius 1 is 1.20 bits per heavy atom. The average molecular weight is 484 g/mol. The van der Waals surface area contributed by atoms with Crippen LogP contribution in [0.25, 0.3) is 5.65 Å². The zero-order valence-electron chi connectivity index (χ0n) is 16.3. The summed E-state index contributed by atoms with van der Waals surface area (Å²) < 4.78 is 3.49. The van der Waals surface area contributed by atoms with Crippen LogP contribution < -0.4 is 11.0 Å². The zero-order valence-corrected chi connectivity index (χ0v) is 18.7. The Hall–Kier alpha value is -2.91. The lowest BCUT2D eigenvalue weighted by Gasteiger charge is -2.08. The number of carbonyl (C=O) groups excluding carboxylic acids is 1. The average Bonchev–Trinajstić information content (AvgIpc) is 3.01. The Labute approximate surface area is 185 Å². The van der Waals surface area contributed by atoms with Gasteiger partial charge in [0, 0.05) is 27.4 Å². The minimum atomic E-state index is -0.388. The number of hydrogen-bond donors (Lipinski definition) is 1. The second kappa shape index (κ2) is 8.45. The molecule has 2 aromatic carbocycles. The quantitative estimate of drug-likeness (QED) is 0.462. The molecule has 0 spiro atoms. The van der Waals surface area contributed by atoms with Crippen molar-refractivity contribution in [2.45, 2.75) is 30.3 Å². The van der Waals surface area contributed by atoms with Gasteiger partial charge in [0.1, 0.15) is 11.6 Å². The SMILES string of the molecule is Cc1cccc(Sc2nccn3c(=O)n(CC(=O)Nc4ccc(Br)cc4C)nc23)c1. The third-order valence-electron chi connectivity index (χ3n) is 4.43. The van der Waals surface area contributed by atoms with Gasteiger partial charge in [0.25, 0.3) is 0 Å². The number of carbonyl (C=O) groups is 1. The molecule has 4 aromatic rings. The Morgan fingerprint density at radius 2 is 2.03 bits per heavy atom. The first-order chi connectivity index (χ1) is 14.4. The van der Waals surface area contributed by atoms with E-state index in [2.05, 4.69) is 31.3 Å². The van der Waals surface area contributed by atoms with Crippen molar-refractivity contribution in [3.05, 3.63) is 80.9 Å². The van der Waals surface area contributed by atoms with Crippen molar-refractivity contribution in [2.24, 2.45) is 0 Å². The summed E-state index contributed by atoms with van der Waals surface area (Å²) in [7, 11) is 0. The molecule has 1 amide bonds. The third-order valence-corrected chi connectivity index (χ3v) is 5.89. The van der Waals surface area contributed by atoms with Crippen LogP contribution in [-0.2, 0) is 11.3 Å². The molecule has 1 N–H and O–H groups in total.